The molecule has 3 aromatic rings. The van der Waals surface area contributed by atoms with E-state index in [0.29, 0.717) is 10.9 Å². The van der Waals surface area contributed by atoms with Crippen molar-refractivity contribution in [2.24, 2.45) is 0 Å². The van der Waals surface area contributed by atoms with Gasteiger partial charge >= 0.3 is 5.97 Å². The molecule has 0 fully saturated rings. The minimum atomic E-state index is -0.408. The number of benzene rings is 2. The molecule has 0 unspecified atom stereocenters. The zero-order valence-electron chi connectivity index (χ0n) is 14.7. The molecule has 1 heterocycles. The Morgan fingerprint density at radius 3 is 2.74 bits per heavy atom. The van der Waals surface area contributed by atoms with Crippen LogP contribution in [0.4, 0.5) is 0 Å². The first-order valence-electron chi connectivity index (χ1n) is 8.29. The third kappa shape index (κ3) is 4.36. The van der Waals surface area contributed by atoms with E-state index in [0.717, 1.165) is 10.5 Å². The van der Waals surface area contributed by atoms with Gasteiger partial charge in [-0.1, -0.05) is 30.3 Å². The average molecular weight is 379 g/mol. The number of carbonyl (C=O) groups is 1. The Morgan fingerprint density at radius 1 is 1.22 bits per heavy atom. The fraction of sp³-hybridized carbons (Fsp3) is 0.200. The Hall–Kier alpha value is -3.11. The molecule has 0 aliphatic heterocycles. The predicted octanol–water partition coefficient (Wildman–Crippen LogP) is 3.06. The zero-order chi connectivity index (χ0) is 19.2. The number of esters is 1. The number of carbonyl (C=O) groups excluding carboxylic acids is 1. The molecular formula is C20H17N3O3S. The quantitative estimate of drug-likeness (QED) is 0.483. The number of nitriles is 1. The van der Waals surface area contributed by atoms with Crippen molar-refractivity contribution in [3.05, 3.63) is 70.3 Å². The van der Waals surface area contributed by atoms with Gasteiger partial charge in [0.05, 0.1) is 22.7 Å². The van der Waals surface area contributed by atoms with Gasteiger partial charge in [0.25, 0.3) is 5.56 Å². The lowest BCUT2D eigenvalue weighted by molar-refractivity contribution is -0.142. The monoisotopic (exact) mass is 379 g/mol. The molecule has 3 rings (SSSR count). The van der Waals surface area contributed by atoms with E-state index in [-0.39, 0.29) is 30.3 Å². The number of aromatic nitrogens is 2. The highest BCUT2D eigenvalue weighted by molar-refractivity contribution is 8.00. The zero-order valence-corrected chi connectivity index (χ0v) is 15.5. The fourth-order valence-electron chi connectivity index (χ4n) is 2.60. The van der Waals surface area contributed by atoms with Gasteiger partial charge in [-0.3, -0.25) is 14.2 Å². The Bertz CT molecular complexity index is 1090. The second kappa shape index (κ2) is 8.52. The minimum Gasteiger partial charge on any atom is -0.457 e. The third-order valence-electron chi connectivity index (χ3n) is 3.97. The molecule has 0 spiro atoms. The van der Waals surface area contributed by atoms with Gasteiger partial charge < -0.3 is 4.74 Å². The molecule has 2 aromatic carbocycles. The van der Waals surface area contributed by atoms with Crippen molar-refractivity contribution in [3.8, 4) is 6.07 Å². The number of hydrogen-bond donors (Lipinski definition) is 0. The van der Waals surface area contributed by atoms with E-state index < -0.39 is 5.97 Å². The highest BCUT2D eigenvalue weighted by Crippen LogP contribution is 2.21. The van der Waals surface area contributed by atoms with E-state index in [1.54, 1.807) is 24.3 Å². The smallest absolute Gasteiger partial charge is 0.316 e. The highest BCUT2D eigenvalue weighted by atomic mass is 32.2. The number of hydrogen-bond acceptors (Lipinski definition) is 6. The lowest BCUT2D eigenvalue weighted by Gasteiger charge is -2.11. The number of ether oxygens (including phenoxy) is 1. The van der Waals surface area contributed by atoms with Gasteiger partial charge in [0.15, 0.2) is 5.82 Å². The molecule has 136 valence electrons. The van der Waals surface area contributed by atoms with Crippen molar-refractivity contribution in [1.29, 1.82) is 5.26 Å². The number of para-hydroxylation sites is 1. The van der Waals surface area contributed by atoms with Crippen LogP contribution in [0, 0.1) is 18.3 Å². The predicted molar refractivity (Wildman–Crippen MR) is 103 cm³/mol. The number of rotatable bonds is 6. The average Bonchev–Trinajstić information content (AvgIpc) is 2.68. The molecule has 0 aliphatic rings. The van der Waals surface area contributed by atoms with Crippen LogP contribution in [0.15, 0.2) is 58.2 Å². The van der Waals surface area contributed by atoms with Gasteiger partial charge in [-0.05, 0) is 30.7 Å². The third-order valence-corrected chi connectivity index (χ3v) is 5.12. The lowest BCUT2D eigenvalue weighted by atomic mass is 10.2. The second-order valence-corrected chi connectivity index (χ2v) is 6.83. The maximum absolute atomic E-state index is 12.6. The minimum absolute atomic E-state index is 0.151. The Balaban J connectivity index is 1.73. The van der Waals surface area contributed by atoms with Crippen LogP contribution < -0.4 is 5.56 Å². The number of thioether (sulfide) groups is 1. The lowest BCUT2D eigenvalue weighted by Crippen LogP contribution is -2.26. The van der Waals surface area contributed by atoms with Crippen molar-refractivity contribution < 1.29 is 9.53 Å². The number of nitrogens with zero attached hydrogens (tertiary/aromatic N) is 3. The van der Waals surface area contributed by atoms with E-state index in [9.17, 15) is 9.59 Å². The molecule has 0 saturated heterocycles. The standard InChI is InChI=1S/C20H17N3O3S/c1-14-6-2-5-9-17(14)27-13-19(24)26-12-18-22-16-8-4-3-7-15(16)20(25)23(18)11-10-21/h2-9H,11-13H2,1H3. The van der Waals surface area contributed by atoms with Crippen LogP contribution >= 0.6 is 11.8 Å². The second-order valence-electron chi connectivity index (χ2n) is 5.81. The molecule has 0 N–H and O–H groups in total. The van der Waals surface area contributed by atoms with Crippen LogP contribution in [0.3, 0.4) is 0 Å². The maximum atomic E-state index is 12.6. The summed E-state index contributed by atoms with van der Waals surface area (Å²) in [5.41, 5.74) is 1.29. The van der Waals surface area contributed by atoms with Crippen LogP contribution in [0.25, 0.3) is 10.9 Å². The Morgan fingerprint density at radius 2 is 1.96 bits per heavy atom. The van der Waals surface area contributed by atoms with Gasteiger partial charge in [-0.2, -0.15) is 5.26 Å². The van der Waals surface area contributed by atoms with Crippen LogP contribution in [0.1, 0.15) is 11.4 Å². The van der Waals surface area contributed by atoms with Gasteiger partial charge in [0.1, 0.15) is 13.2 Å². The van der Waals surface area contributed by atoms with Crippen molar-refractivity contribution >= 4 is 28.6 Å². The Labute approximate surface area is 160 Å². The number of aryl methyl sites for hydroxylation is 1. The summed E-state index contributed by atoms with van der Waals surface area (Å²) in [5.74, 6) is 0.00430. The summed E-state index contributed by atoms with van der Waals surface area (Å²) in [7, 11) is 0. The molecule has 7 heteroatoms. The van der Waals surface area contributed by atoms with Crippen molar-refractivity contribution in [3.63, 3.8) is 0 Å². The van der Waals surface area contributed by atoms with Gasteiger partial charge in [-0.25, -0.2) is 4.98 Å². The van der Waals surface area contributed by atoms with Crippen LogP contribution in [-0.4, -0.2) is 21.3 Å². The summed E-state index contributed by atoms with van der Waals surface area (Å²) in [6.45, 7) is 1.67. The molecule has 0 radical (unpaired) electrons. The molecule has 0 bridgehead atoms. The normalized spacial score (nSPS) is 10.5. The molecule has 0 amide bonds. The summed E-state index contributed by atoms with van der Waals surface area (Å²) in [5, 5.41) is 9.43. The first kappa shape index (κ1) is 18.7. The van der Waals surface area contributed by atoms with E-state index >= 15 is 0 Å². The van der Waals surface area contributed by atoms with Gasteiger partial charge in [-0.15, -0.1) is 11.8 Å². The van der Waals surface area contributed by atoms with Crippen molar-refractivity contribution in [2.45, 2.75) is 25.0 Å². The van der Waals surface area contributed by atoms with Gasteiger partial charge in [0.2, 0.25) is 0 Å². The number of fused-ring (bicyclic) bond motifs is 1. The molecular weight excluding hydrogens is 362 g/mol. The summed E-state index contributed by atoms with van der Waals surface area (Å²) in [6.07, 6.45) is 0. The van der Waals surface area contributed by atoms with E-state index in [4.69, 9.17) is 10.00 Å². The first-order valence-corrected chi connectivity index (χ1v) is 9.28. The fourth-order valence-corrected chi connectivity index (χ4v) is 3.43. The summed E-state index contributed by atoms with van der Waals surface area (Å²) < 4.78 is 6.53. The summed E-state index contributed by atoms with van der Waals surface area (Å²) in [4.78, 5) is 30.1. The molecule has 1 aromatic heterocycles. The Kier molecular flexibility index (Phi) is 5.89. The van der Waals surface area contributed by atoms with Crippen LogP contribution in [0.5, 0.6) is 0 Å². The summed E-state index contributed by atoms with van der Waals surface area (Å²) in [6, 6.07) is 16.6. The van der Waals surface area contributed by atoms with E-state index in [1.165, 1.54) is 16.3 Å². The van der Waals surface area contributed by atoms with Crippen molar-refractivity contribution in [1.82, 2.24) is 9.55 Å². The SMILES string of the molecule is Cc1ccccc1SCC(=O)OCc1nc2ccccc2c(=O)n1CC#N. The molecule has 0 aliphatic carbocycles. The molecule has 0 saturated carbocycles. The maximum Gasteiger partial charge on any atom is 0.316 e. The van der Waals surface area contributed by atoms with Crippen molar-refractivity contribution in [2.75, 3.05) is 5.75 Å². The molecule has 0 atom stereocenters. The van der Waals surface area contributed by atoms with E-state index in [1.807, 2.05) is 37.3 Å². The van der Waals surface area contributed by atoms with Gasteiger partial charge in [0, 0.05) is 4.90 Å². The largest absolute Gasteiger partial charge is 0.457 e. The topological polar surface area (TPSA) is 85.0 Å². The molecule has 6 nitrogen and oxygen atoms in total. The van der Waals surface area contributed by atoms with Crippen LogP contribution in [0.2, 0.25) is 0 Å². The summed E-state index contributed by atoms with van der Waals surface area (Å²) >= 11 is 1.39. The first-order chi connectivity index (χ1) is 13.1. The van der Waals surface area contributed by atoms with Crippen LogP contribution in [-0.2, 0) is 22.7 Å². The highest BCUT2D eigenvalue weighted by Gasteiger charge is 2.13. The molecule has 27 heavy (non-hydrogen) atoms. The van der Waals surface area contributed by atoms with E-state index in [2.05, 4.69) is 4.98 Å².